The minimum atomic E-state index is 0.839. The fourth-order valence-corrected chi connectivity index (χ4v) is 4.82. The molecule has 0 aliphatic heterocycles. The molecule has 1 N–H and O–H groups in total. The van der Waals surface area contributed by atoms with Crippen molar-refractivity contribution in [3.05, 3.63) is 60.0 Å². The number of nitrogens with one attached hydrogen (secondary N) is 1. The van der Waals surface area contributed by atoms with E-state index in [1.165, 1.54) is 0 Å². The zero-order valence-corrected chi connectivity index (χ0v) is 14.9. The van der Waals surface area contributed by atoms with E-state index in [9.17, 15) is 0 Å². The number of H-pyrrole nitrogens is 1. The molecule has 122 valence electrons. The lowest BCUT2D eigenvalue weighted by Crippen LogP contribution is -1.86. The van der Waals surface area contributed by atoms with Gasteiger partial charge in [0.15, 0.2) is 4.96 Å². The van der Waals surface area contributed by atoms with E-state index in [1.807, 2.05) is 42.9 Å². The van der Waals surface area contributed by atoms with E-state index < -0.39 is 0 Å². The van der Waals surface area contributed by atoms with Gasteiger partial charge in [-0.25, -0.2) is 15.0 Å². The standard InChI is InChI=1S/C18H13N5S2/c1-11-14(23-9-10-24-18(23)21-11)17-22-13(12-5-3-2-4-6-12)15(25-17)16-19-7-8-20-16/h2-10H,1H3,(H,19,20). The van der Waals surface area contributed by atoms with Crippen LogP contribution in [0.1, 0.15) is 5.69 Å². The first-order valence-electron chi connectivity index (χ1n) is 7.80. The van der Waals surface area contributed by atoms with Crippen molar-refractivity contribution in [2.24, 2.45) is 0 Å². The maximum Gasteiger partial charge on any atom is 0.194 e. The third kappa shape index (κ3) is 2.32. The monoisotopic (exact) mass is 363 g/mol. The largest absolute Gasteiger partial charge is 0.344 e. The fraction of sp³-hybridized carbons (Fsp3) is 0.0556. The number of benzene rings is 1. The lowest BCUT2D eigenvalue weighted by Gasteiger charge is -1.99. The first-order valence-corrected chi connectivity index (χ1v) is 9.49. The van der Waals surface area contributed by atoms with Gasteiger partial charge in [-0.15, -0.1) is 22.7 Å². The number of aryl methyl sites for hydroxylation is 1. The molecule has 0 aliphatic rings. The second-order valence-electron chi connectivity index (χ2n) is 5.60. The van der Waals surface area contributed by atoms with Crippen molar-refractivity contribution < 1.29 is 0 Å². The molecule has 0 atom stereocenters. The highest BCUT2D eigenvalue weighted by Crippen LogP contribution is 2.40. The smallest absolute Gasteiger partial charge is 0.194 e. The van der Waals surface area contributed by atoms with Crippen molar-refractivity contribution in [3.8, 4) is 32.7 Å². The minimum absolute atomic E-state index is 0.839. The number of hydrogen-bond donors (Lipinski definition) is 1. The number of aromatic amines is 1. The van der Waals surface area contributed by atoms with Crippen LogP contribution in [0, 0.1) is 6.92 Å². The number of thiazole rings is 2. The predicted molar refractivity (Wildman–Crippen MR) is 102 cm³/mol. The molecular weight excluding hydrogens is 350 g/mol. The normalized spacial score (nSPS) is 11.4. The fourth-order valence-electron chi connectivity index (χ4n) is 2.91. The van der Waals surface area contributed by atoms with E-state index in [4.69, 9.17) is 4.98 Å². The van der Waals surface area contributed by atoms with Crippen molar-refractivity contribution in [1.29, 1.82) is 0 Å². The molecule has 0 fully saturated rings. The maximum atomic E-state index is 4.97. The van der Waals surface area contributed by atoms with Crippen LogP contribution < -0.4 is 0 Å². The third-order valence-corrected chi connectivity index (χ3v) is 5.85. The van der Waals surface area contributed by atoms with E-state index in [0.717, 1.165) is 43.3 Å². The molecule has 5 rings (SSSR count). The average Bonchev–Trinajstić information content (AvgIpc) is 3.39. The van der Waals surface area contributed by atoms with E-state index in [-0.39, 0.29) is 0 Å². The van der Waals surface area contributed by atoms with Crippen molar-refractivity contribution in [2.45, 2.75) is 6.92 Å². The van der Waals surface area contributed by atoms with Crippen molar-refractivity contribution in [2.75, 3.05) is 0 Å². The Bertz CT molecular complexity index is 1150. The lowest BCUT2D eigenvalue weighted by atomic mass is 10.1. The van der Waals surface area contributed by atoms with E-state index in [2.05, 4.69) is 31.5 Å². The van der Waals surface area contributed by atoms with Gasteiger partial charge in [0, 0.05) is 29.5 Å². The van der Waals surface area contributed by atoms with E-state index in [1.54, 1.807) is 28.9 Å². The van der Waals surface area contributed by atoms with Crippen LogP contribution in [-0.2, 0) is 0 Å². The number of aromatic nitrogens is 5. The average molecular weight is 363 g/mol. The van der Waals surface area contributed by atoms with Gasteiger partial charge in [0.1, 0.15) is 16.5 Å². The highest BCUT2D eigenvalue weighted by atomic mass is 32.1. The number of fused-ring (bicyclic) bond motifs is 1. The second kappa shape index (κ2) is 5.65. The van der Waals surface area contributed by atoms with Gasteiger partial charge in [-0.3, -0.25) is 4.40 Å². The third-order valence-electron chi connectivity index (χ3n) is 4.03. The van der Waals surface area contributed by atoms with Crippen LogP contribution in [0.4, 0.5) is 0 Å². The van der Waals surface area contributed by atoms with Crippen molar-refractivity contribution in [3.63, 3.8) is 0 Å². The van der Waals surface area contributed by atoms with Gasteiger partial charge in [-0.2, -0.15) is 0 Å². The highest BCUT2D eigenvalue weighted by Gasteiger charge is 2.21. The summed E-state index contributed by atoms with van der Waals surface area (Å²) >= 11 is 3.27. The Morgan fingerprint density at radius 3 is 2.80 bits per heavy atom. The van der Waals surface area contributed by atoms with Gasteiger partial charge in [0.2, 0.25) is 0 Å². The van der Waals surface area contributed by atoms with Gasteiger partial charge < -0.3 is 4.98 Å². The van der Waals surface area contributed by atoms with Crippen LogP contribution in [-0.4, -0.2) is 24.3 Å². The molecule has 5 aromatic rings. The van der Waals surface area contributed by atoms with Gasteiger partial charge in [0.25, 0.3) is 0 Å². The molecule has 4 aromatic heterocycles. The Kier molecular flexibility index (Phi) is 3.29. The van der Waals surface area contributed by atoms with Crippen LogP contribution in [0.5, 0.6) is 0 Å². The lowest BCUT2D eigenvalue weighted by molar-refractivity contribution is 1.21. The molecule has 4 heterocycles. The highest BCUT2D eigenvalue weighted by molar-refractivity contribution is 7.19. The zero-order valence-electron chi connectivity index (χ0n) is 13.3. The van der Waals surface area contributed by atoms with Crippen molar-refractivity contribution >= 4 is 27.6 Å². The molecule has 0 bridgehead atoms. The number of rotatable bonds is 3. The van der Waals surface area contributed by atoms with Gasteiger partial charge in [-0.1, -0.05) is 30.3 Å². The molecule has 0 aliphatic carbocycles. The summed E-state index contributed by atoms with van der Waals surface area (Å²) in [6, 6.07) is 10.2. The Labute approximate surface area is 151 Å². The summed E-state index contributed by atoms with van der Waals surface area (Å²) in [4.78, 5) is 19.3. The molecule has 0 unspecified atom stereocenters. The molecule has 0 radical (unpaired) electrons. The molecule has 0 saturated heterocycles. The Morgan fingerprint density at radius 1 is 1.12 bits per heavy atom. The molecule has 1 aromatic carbocycles. The molecule has 25 heavy (non-hydrogen) atoms. The topological polar surface area (TPSA) is 58.9 Å². The molecule has 0 amide bonds. The maximum absolute atomic E-state index is 4.97. The van der Waals surface area contributed by atoms with Crippen LogP contribution in [0.25, 0.3) is 37.6 Å². The number of nitrogens with zero attached hydrogens (tertiary/aromatic N) is 4. The van der Waals surface area contributed by atoms with Crippen molar-refractivity contribution in [1.82, 2.24) is 24.3 Å². The summed E-state index contributed by atoms with van der Waals surface area (Å²) in [5.41, 5.74) is 4.07. The molecule has 5 nitrogen and oxygen atoms in total. The zero-order chi connectivity index (χ0) is 16.8. The van der Waals surface area contributed by atoms with Crippen LogP contribution >= 0.6 is 22.7 Å². The van der Waals surface area contributed by atoms with Gasteiger partial charge in [0.05, 0.1) is 16.3 Å². The molecular formula is C18H13N5S2. The minimum Gasteiger partial charge on any atom is -0.344 e. The summed E-state index contributed by atoms with van der Waals surface area (Å²) in [5, 5.41) is 3.00. The van der Waals surface area contributed by atoms with E-state index in [0.29, 0.717) is 0 Å². The molecule has 0 saturated carbocycles. The summed E-state index contributed by atoms with van der Waals surface area (Å²) in [6.07, 6.45) is 5.65. The van der Waals surface area contributed by atoms with E-state index >= 15 is 0 Å². The summed E-state index contributed by atoms with van der Waals surface area (Å²) < 4.78 is 2.11. The Hall–Kier alpha value is -2.77. The van der Waals surface area contributed by atoms with Crippen LogP contribution in [0.2, 0.25) is 0 Å². The first kappa shape index (κ1) is 14.6. The molecule has 0 spiro atoms. The number of hydrogen-bond acceptors (Lipinski definition) is 5. The van der Waals surface area contributed by atoms with Gasteiger partial charge in [-0.05, 0) is 6.92 Å². The summed E-state index contributed by atoms with van der Waals surface area (Å²) in [6.45, 7) is 2.03. The van der Waals surface area contributed by atoms with Crippen LogP contribution in [0.3, 0.4) is 0 Å². The predicted octanol–water partition coefficient (Wildman–Crippen LogP) is 4.88. The second-order valence-corrected chi connectivity index (χ2v) is 7.47. The summed E-state index contributed by atoms with van der Waals surface area (Å²) in [7, 11) is 0. The van der Waals surface area contributed by atoms with Gasteiger partial charge >= 0.3 is 0 Å². The SMILES string of the molecule is Cc1nc2sccn2c1-c1nc(-c2ccccc2)c(-c2ncc[nH]2)s1. The molecule has 7 heteroatoms. The first-order chi connectivity index (χ1) is 12.3. The Morgan fingerprint density at radius 2 is 2.00 bits per heavy atom. The Balaban J connectivity index is 1.77. The summed E-state index contributed by atoms with van der Waals surface area (Å²) in [5.74, 6) is 0.839. The number of imidazole rings is 2. The quantitative estimate of drug-likeness (QED) is 0.497. The van der Waals surface area contributed by atoms with Crippen LogP contribution in [0.15, 0.2) is 54.3 Å².